The van der Waals surface area contributed by atoms with Crippen molar-refractivity contribution >= 4 is 0 Å². The largest absolute Gasteiger partial charge is 0.489 e. The van der Waals surface area contributed by atoms with Gasteiger partial charge < -0.3 is 4.74 Å². The smallest absolute Gasteiger partial charge is 0.131 e. The minimum atomic E-state index is -0.103. The minimum absolute atomic E-state index is 0.103. The van der Waals surface area contributed by atoms with Crippen molar-refractivity contribution in [2.75, 3.05) is 0 Å². The lowest BCUT2D eigenvalue weighted by Gasteiger charge is -2.42. The normalized spacial score (nSPS) is 23.4. The van der Waals surface area contributed by atoms with Crippen LogP contribution in [0.5, 0.6) is 5.75 Å². The van der Waals surface area contributed by atoms with Crippen LogP contribution >= 0.6 is 0 Å². The van der Waals surface area contributed by atoms with Crippen LogP contribution in [0, 0.1) is 23.6 Å². The zero-order valence-electron chi connectivity index (χ0n) is 22.5. The van der Waals surface area contributed by atoms with Crippen molar-refractivity contribution in [3.63, 3.8) is 0 Å². The fourth-order valence-electron chi connectivity index (χ4n) is 6.90. The number of rotatable bonds is 10. The van der Waals surface area contributed by atoms with Gasteiger partial charge in [-0.15, -0.1) is 0 Å². The summed E-state index contributed by atoms with van der Waals surface area (Å²) in [5.41, 5.74) is 3.91. The van der Waals surface area contributed by atoms with Crippen LogP contribution in [0.15, 0.2) is 72.8 Å². The van der Waals surface area contributed by atoms with E-state index in [1.807, 2.05) is 54.6 Å². The molecule has 0 amide bonds. The fraction of sp³-hybridized carbons (Fsp3) is 0.486. The van der Waals surface area contributed by atoms with Crippen LogP contribution in [0.25, 0.3) is 11.1 Å². The van der Waals surface area contributed by atoms with Gasteiger partial charge in [-0.05, 0) is 90.7 Å². The first-order valence-electron chi connectivity index (χ1n) is 14.8. The molecule has 3 aromatic carbocycles. The summed E-state index contributed by atoms with van der Waals surface area (Å²) in [6.07, 6.45) is 15.0. The first-order chi connectivity index (χ1) is 18.2. The highest BCUT2D eigenvalue weighted by Gasteiger charge is 2.35. The van der Waals surface area contributed by atoms with E-state index < -0.39 is 0 Å². The van der Waals surface area contributed by atoms with Crippen molar-refractivity contribution < 1.29 is 9.13 Å². The average Bonchev–Trinajstić information content (AvgIpc) is 2.95. The van der Waals surface area contributed by atoms with Gasteiger partial charge in [-0.1, -0.05) is 100 Å². The lowest BCUT2D eigenvalue weighted by atomic mass is 9.63. The lowest BCUT2D eigenvalue weighted by Crippen LogP contribution is -2.30. The number of unbranched alkanes of at least 4 members (excludes halogenated alkanes) is 3. The van der Waals surface area contributed by atoms with Crippen LogP contribution in [-0.4, -0.2) is 0 Å². The van der Waals surface area contributed by atoms with Gasteiger partial charge in [0.15, 0.2) is 0 Å². The maximum absolute atomic E-state index is 15.3. The Morgan fingerprint density at radius 3 is 2.35 bits per heavy atom. The Bertz CT molecular complexity index is 1110. The second-order valence-corrected chi connectivity index (χ2v) is 11.6. The molecule has 4 atom stereocenters. The molecule has 37 heavy (non-hydrogen) atoms. The van der Waals surface area contributed by atoms with Crippen molar-refractivity contribution in [2.24, 2.45) is 17.8 Å². The summed E-state index contributed by atoms with van der Waals surface area (Å²) in [6.45, 7) is 2.83. The summed E-state index contributed by atoms with van der Waals surface area (Å²) in [7, 11) is 0. The van der Waals surface area contributed by atoms with Crippen molar-refractivity contribution in [3.05, 3.63) is 89.7 Å². The number of hydrogen-bond acceptors (Lipinski definition) is 1. The predicted molar refractivity (Wildman–Crippen MR) is 152 cm³/mol. The van der Waals surface area contributed by atoms with E-state index in [0.717, 1.165) is 34.6 Å². The van der Waals surface area contributed by atoms with Gasteiger partial charge in [-0.2, -0.15) is 0 Å². The van der Waals surface area contributed by atoms with Gasteiger partial charge >= 0.3 is 0 Å². The number of ether oxygens (including phenoxy) is 1. The van der Waals surface area contributed by atoms with E-state index in [-0.39, 0.29) is 5.82 Å². The summed E-state index contributed by atoms with van der Waals surface area (Å²) >= 11 is 0. The summed E-state index contributed by atoms with van der Waals surface area (Å²) in [4.78, 5) is 0. The zero-order valence-corrected chi connectivity index (χ0v) is 22.5. The minimum Gasteiger partial charge on any atom is -0.489 e. The molecule has 0 aliphatic heterocycles. The van der Waals surface area contributed by atoms with Crippen LogP contribution in [0.3, 0.4) is 0 Å². The number of fused-ring (bicyclic) bond motifs is 1. The molecule has 0 N–H and O–H groups in total. The third-order valence-electron chi connectivity index (χ3n) is 9.07. The van der Waals surface area contributed by atoms with E-state index in [0.29, 0.717) is 18.1 Å². The van der Waals surface area contributed by atoms with E-state index in [4.69, 9.17) is 4.74 Å². The van der Waals surface area contributed by atoms with Gasteiger partial charge in [-0.3, -0.25) is 0 Å². The molecule has 0 spiro atoms. The standard InChI is InChI=1S/C35H43FO/c1-2-3-4-6-9-26-12-13-30-23-31(15-14-29(30)22-26)32-18-21-34(35(36)24-32)28-16-19-33(20-17-28)37-25-27-10-7-5-8-11-27/h5,7-8,10-11,16-21,24,26,29-31H,2-4,6,9,12-15,22-23,25H2,1H3/t26?,29-,30-,31-/m1/s1. The Hall–Kier alpha value is -2.61. The molecule has 5 rings (SSSR count). The van der Waals surface area contributed by atoms with E-state index in [1.54, 1.807) is 0 Å². The van der Waals surface area contributed by atoms with Crippen molar-refractivity contribution in [2.45, 2.75) is 90.1 Å². The molecule has 0 bridgehead atoms. The Morgan fingerprint density at radius 1 is 0.784 bits per heavy atom. The number of benzene rings is 3. The molecular weight excluding hydrogens is 455 g/mol. The Kier molecular flexibility index (Phi) is 8.97. The first-order valence-corrected chi connectivity index (χ1v) is 14.8. The van der Waals surface area contributed by atoms with Crippen molar-refractivity contribution in [1.29, 1.82) is 0 Å². The van der Waals surface area contributed by atoms with E-state index >= 15 is 4.39 Å². The van der Waals surface area contributed by atoms with Gasteiger partial charge in [0, 0.05) is 5.56 Å². The Labute approximate surface area is 223 Å². The van der Waals surface area contributed by atoms with Crippen LogP contribution in [-0.2, 0) is 6.61 Å². The van der Waals surface area contributed by atoms with Gasteiger partial charge in [0.05, 0.1) is 0 Å². The van der Waals surface area contributed by atoms with Gasteiger partial charge in [0.1, 0.15) is 18.2 Å². The molecule has 2 aliphatic rings. The monoisotopic (exact) mass is 498 g/mol. The number of hydrogen-bond donors (Lipinski definition) is 0. The molecule has 1 nitrogen and oxygen atoms in total. The Morgan fingerprint density at radius 2 is 1.57 bits per heavy atom. The van der Waals surface area contributed by atoms with E-state index in [1.165, 1.54) is 76.2 Å². The lowest BCUT2D eigenvalue weighted by molar-refractivity contribution is 0.113. The van der Waals surface area contributed by atoms with Crippen molar-refractivity contribution in [3.8, 4) is 16.9 Å². The molecule has 3 aromatic rings. The average molecular weight is 499 g/mol. The first kappa shape index (κ1) is 26.0. The van der Waals surface area contributed by atoms with Gasteiger partial charge in [-0.25, -0.2) is 4.39 Å². The molecule has 2 saturated carbocycles. The highest BCUT2D eigenvalue weighted by molar-refractivity contribution is 5.65. The molecule has 0 aromatic heterocycles. The summed E-state index contributed by atoms with van der Waals surface area (Å²) < 4.78 is 21.2. The topological polar surface area (TPSA) is 9.23 Å². The quantitative estimate of drug-likeness (QED) is 0.253. The van der Waals surface area contributed by atoms with Crippen LogP contribution in [0.4, 0.5) is 4.39 Å². The SMILES string of the molecule is CCCCCCC1CC[C@@H]2C[C@H](c3ccc(-c4ccc(OCc5ccccc5)cc4)c(F)c3)CC[C@@H]2C1. The van der Waals surface area contributed by atoms with E-state index in [2.05, 4.69) is 25.1 Å². The molecule has 0 radical (unpaired) electrons. The highest BCUT2D eigenvalue weighted by atomic mass is 19.1. The molecular formula is C35H43FO. The molecule has 2 fully saturated rings. The molecule has 196 valence electrons. The second-order valence-electron chi connectivity index (χ2n) is 11.6. The molecule has 2 aliphatic carbocycles. The van der Waals surface area contributed by atoms with Gasteiger partial charge in [0.25, 0.3) is 0 Å². The van der Waals surface area contributed by atoms with Crippen LogP contribution < -0.4 is 4.74 Å². The van der Waals surface area contributed by atoms with Crippen molar-refractivity contribution in [1.82, 2.24) is 0 Å². The molecule has 1 unspecified atom stereocenters. The second kappa shape index (κ2) is 12.8. The number of halogens is 1. The third kappa shape index (κ3) is 6.83. The zero-order chi connectivity index (χ0) is 25.5. The van der Waals surface area contributed by atoms with Crippen LogP contribution in [0.2, 0.25) is 0 Å². The summed E-state index contributed by atoms with van der Waals surface area (Å²) in [5.74, 6) is 3.93. The van der Waals surface area contributed by atoms with Gasteiger partial charge in [0.2, 0.25) is 0 Å². The molecule has 2 heteroatoms. The Balaban J connectivity index is 1.15. The predicted octanol–water partition coefficient (Wildman–Crippen LogP) is 10.3. The van der Waals surface area contributed by atoms with E-state index in [9.17, 15) is 0 Å². The summed E-state index contributed by atoms with van der Waals surface area (Å²) in [6, 6.07) is 23.9. The fourth-order valence-corrected chi connectivity index (χ4v) is 6.90. The maximum Gasteiger partial charge on any atom is 0.131 e. The maximum atomic E-state index is 15.3. The molecule has 0 saturated heterocycles. The summed E-state index contributed by atoms with van der Waals surface area (Å²) in [5, 5.41) is 0. The van der Waals surface area contributed by atoms with Crippen LogP contribution in [0.1, 0.15) is 94.6 Å². The molecule has 0 heterocycles. The third-order valence-corrected chi connectivity index (χ3v) is 9.07. The highest BCUT2D eigenvalue weighted by Crippen LogP contribution is 2.48.